The molecule has 6 rings (SSSR count). The maximum absolute atomic E-state index is 14.5. The van der Waals surface area contributed by atoms with Crippen LogP contribution < -0.4 is 5.32 Å². The summed E-state index contributed by atoms with van der Waals surface area (Å²) in [5, 5.41) is 11.8. The quantitative estimate of drug-likeness (QED) is 0.350. The van der Waals surface area contributed by atoms with Crippen molar-refractivity contribution in [3.63, 3.8) is 0 Å². The van der Waals surface area contributed by atoms with Crippen LogP contribution in [0.5, 0.6) is 0 Å². The summed E-state index contributed by atoms with van der Waals surface area (Å²) in [6.07, 6.45) is 7.73. The molecule has 0 unspecified atom stereocenters. The monoisotopic (exact) mass is 563 g/mol. The van der Waals surface area contributed by atoms with Gasteiger partial charge in [-0.3, -0.25) is 0 Å². The van der Waals surface area contributed by atoms with Crippen LogP contribution in [0.1, 0.15) is 49.6 Å². The van der Waals surface area contributed by atoms with E-state index in [2.05, 4.69) is 44.3 Å². The topological polar surface area (TPSA) is 124 Å². The van der Waals surface area contributed by atoms with Crippen LogP contribution in [0.25, 0.3) is 22.6 Å². The van der Waals surface area contributed by atoms with E-state index in [0.717, 1.165) is 29.8 Å². The van der Waals surface area contributed by atoms with Crippen molar-refractivity contribution in [2.24, 2.45) is 5.41 Å². The molecular weight excluding hydrogens is 536 g/mol. The highest BCUT2D eigenvalue weighted by Crippen LogP contribution is 2.69. The van der Waals surface area contributed by atoms with Gasteiger partial charge in [-0.05, 0) is 54.0 Å². The van der Waals surface area contributed by atoms with E-state index in [1.807, 2.05) is 6.07 Å². The summed E-state index contributed by atoms with van der Waals surface area (Å²) >= 11 is 0. The lowest BCUT2D eigenvalue weighted by atomic mass is 9.66. The first-order valence-electron chi connectivity index (χ1n) is 12.9. The first-order valence-corrected chi connectivity index (χ1v) is 15.0. The molecule has 2 atom stereocenters. The Bertz CT molecular complexity index is 1710. The Morgan fingerprint density at radius 3 is 2.48 bits per heavy atom. The Labute approximate surface area is 230 Å². The van der Waals surface area contributed by atoms with E-state index in [1.54, 1.807) is 24.7 Å². The molecule has 0 spiro atoms. The van der Waals surface area contributed by atoms with Gasteiger partial charge in [0, 0.05) is 31.4 Å². The summed E-state index contributed by atoms with van der Waals surface area (Å²) in [4.78, 5) is 18.0. The van der Waals surface area contributed by atoms with Gasteiger partial charge in [-0.15, -0.1) is 5.10 Å². The number of hydrogen-bond donors (Lipinski definition) is 1. The zero-order valence-electron chi connectivity index (χ0n) is 22.2. The maximum atomic E-state index is 14.5. The third kappa shape index (κ3) is 4.12. The minimum absolute atomic E-state index is 0.0246. The average Bonchev–Trinajstić information content (AvgIpc) is 3.29. The van der Waals surface area contributed by atoms with E-state index in [0.29, 0.717) is 17.3 Å². The number of hydrogen-bond acceptors (Lipinski definition) is 9. The summed E-state index contributed by atoms with van der Waals surface area (Å²) < 4.78 is 51.8. The molecule has 1 aromatic carbocycles. The van der Waals surface area contributed by atoms with Gasteiger partial charge in [-0.2, -0.15) is 5.10 Å². The largest absolute Gasteiger partial charge is 0.353 e. The van der Waals surface area contributed by atoms with Gasteiger partial charge in [-0.25, -0.2) is 37.1 Å². The zero-order chi connectivity index (χ0) is 28.3. The number of anilines is 1. The number of benzene rings is 1. The summed E-state index contributed by atoms with van der Waals surface area (Å²) in [6.45, 7) is 4.56. The van der Waals surface area contributed by atoms with Crippen molar-refractivity contribution < 1.29 is 17.2 Å². The molecule has 2 aliphatic rings. The fraction of sp³-hybridized carbons (Fsp3) is 0.357. The Balaban J connectivity index is 1.35. The molecule has 206 valence electrons. The minimum Gasteiger partial charge on any atom is -0.353 e. The molecule has 0 aliphatic heterocycles. The molecule has 1 saturated carbocycles. The lowest BCUT2D eigenvalue weighted by Gasteiger charge is -2.37. The van der Waals surface area contributed by atoms with Gasteiger partial charge >= 0.3 is 0 Å². The van der Waals surface area contributed by atoms with Crippen molar-refractivity contribution in [2.75, 3.05) is 23.9 Å². The third-order valence-electron chi connectivity index (χ3n) is 8.36. The Morgan fingerprint density at radius 1 is 1.05 bits per heavy atom. The highest BCUT2D eigenvalue weighted by atomic mass is 32.2. The number of fused-ring (bicyclic) bond motifs is 5. The predicted octanol–water partition coefficient (Wildman–Crippen LogP) is 4.33. The van der Waals surface area contributed by atoms with Crippen molar-refractivity contribution >= 4 is 15.8 Å². The second-order valence-corrected chi connectivity index (χ2v) is 13.2. The lowest BCUT2D eigenvalue weighted by Crippen LogP contribution is -2.38. The van der Waals surface area contributed by atoms with E-state index in [9.17, 15) is 17.2 Å². The van der Waals surface area contributed by atoms with Crippen LogP contribution in [0.4, 0.5) is 14.7 Å². The van der Waals surface area contributed by atoms with Crippen LogP contribution in [-0.4, -0.2) is 57.1 Å². The van der Waals surface area contributed by atoms with Gasteiger partial charge in [0.2, 0.25) is 5.95 Å². The van der Waals surface area contributed by atoms with E-state index in [1.165, 1.54) is 24.5 Å². The fourth-order valence-electron chi connectivity index (χ4n) is 6.38. The molecular formula is C28H27F2N7O2S. The SMILES string of the molecule is CC1(C)[C@H]2CC[C@@]1(c1ccnc(-c3cnc(NCCS(C)(=O)=O)nc3)n1)c1nnc(-c3c(F)cccc3F)cc12. The molecule has 2 aliphatic carbocycles. The Hall–Kier alpha value is -3.93. The predicted molar refractivity (Wildman–Crippen MR) is 145 cm³/mol. The van der Waals surface area contributed by atoms with Crippen molar-refractivity contribution in [3.05, 3.63) is 77.5 Å². The molecule has 1 N–H and O–H groups in total. The molecule has 0 radical (unpaired) electrons. The highest BCUT2D eigenvalue weighted by molar-refractivity contribution is 7.90. The number of rotatable bonds is 7. The van der Waals surface area contributed by atoms with Crippen LogP contribution in [-0.2, 0) is 15.3 Å². The number of aromatic nitrogens is 6. The van der Waals surface area contributed by atoms with Crippen molar-refractivity contribution in [2.45, 2.75) is 38.0 Å². The van der Waals surface area contributed by atoms with Gasteiger partial charge in [0.15, 0.2) is 5.82 Å². The van der Waals surface area contributed by atoms with Gasteiger partial charge in [0.25, 0.3) is 0 Å². The second-order valence-electron chi connectivity index (χ2n) is 11.0. The highest BCUT2D eigenvalue weighted by Gasteiger charge is 2.65. The molecule has 0 saturated heterocycles. The summed E-state index contributed by atoms with van der Waals surface area (Å²) in [7, 11) is -3.10. The summed E-state index contributed by atoms with van der Waals surface area (Å²) in [5.41, 5.74) is 2.28. The van der Waals surface area contributed by atoms with Crippen LogP contribution >= 0.6 is 0 Å². The van der Waals surface area contributed by atoms with Crippen LogP contribution in [0.3, 0.4) is 0 Å². The van der Waals surface area contributed by atoms with Crippen LogP contribution in [0, 0.1) is 17.0 Å². The zero-order valence-corrected chi connectivity index (χ0v) is 23.0. The van der Waals surface area contributed by atoms with Gasteiger partial charge < -0.3 is 5.32 Å². The van der Waals surface area contributed by atoms with E-state index in [-0.39, 0.29) is 34.9 Å². The number of nitrogens with zero attached hydrogens (tertiary/aromatic N) is 6. The molecule has 40 heavy (non-hydrogen) atoms. The van der Waals surface area contributed by atoms with Crippen molar-refractivity contribution in [1.29, 1.82) is 0 Å². The summed E-state index contributed by atoms with van der Waals surface area (Å²) in [6, 6.07) is 7.43. The van der Waals surface area contributed by atoms with E-state index in [4.69, 9.17) is 4.98 Å². The van der Waals surface area contributed by atoms with E-state index >= 15 is 0 Å². The van der Waals surface area contributed by atoms with Crippen molar-refractivity contribution in [1.82, 2.24) is 30.1 Å². The molecule has 9 nitrogen and oxygen atoms in total. The molecule has 2 bridgehead atoms. The molecule has 4 aromatic rings. The fourth-order valence-corrected chi connectivity index (χ4v) is 6.85. The Morgan fingerprint density at radius 2 is 1.77 bits per heavy atom. The Kier molecular flexibility index (Phi) is 6.13. The van der Waals surface area contributed by atoms with E-state index < -0.39 is 26.9 Å². The van der Waals surface area contributed by atoms with Gasteiger partial charge in [-0.1, -0.05) is 19.9 Å². The van der Waals surface area contributed by atoms with Crippen LogP contribution in [0.15, 0.2) is 48.9 Å². The second kappa shape index (κ2) is 9.33. The van der Waals surface area contributed by atoms with Crippen LogP contribution in [0.2, 0.25) is 0 Å². The maximum Gasteiger partial charge on any atom is 0.222 e. The smallest absolute Gasteiger partial charge is 0.222 e. The number of sulfone groups is 1. The molecule has 3 aromatic heterocycles. The molecule has 3 heterocycles. The standard InChI is InChI=1S/C28H27F2N7O2S/c1-27(2)18-7-9-28(27,24-17(18)13-21(36-37-24)23-19(29)5-4-6-20(23)30)22-8-10-31-25(35-22)16-14-33-26(34-15-16)32-11-12-40(3,38)39/h4-6,8,10,13-15,18H,7,9,11-12H2,1-3H3,(H,32,33,34)/t18-,28+/m0/s1. The van der Waals surface area contributed by atoms with Gasteiger partial charge in [0.1, 0.15) is 21.5 Å². The summed E-state index contributed by atoms with van der Waals surface area (Å²) in [5.74, 6) is -0.505. The van der Waals surface area contributed by atoms with Gasteiger partial charge in [0.05, 0.1) is 39.4 Å². The van der Waals surface area contributed by atoms with Crippen molar-refractivity contribution in [3.8, 4) is 22.6 Å². The number of halogens is 2. The average molecular weight is 564 g/mol. The first kappa shape index (κ1) is 26.3. The normalized spacial score (nSPS) is 20.9. The number of nitrogens with one attached hydrogen (secondary N) is 1. The lowest BCUT2D eigenvalue weighted by molar-refractivity contribution is 0.243. The minimum atomic E-state index is -3.10. The molecule has 0 amide bonds. The molecule has 12 heteroatoms. The first-order chi connectivity index (χ1) is 19.0. The third-order valence-corrected chi connectivity index (χ3v) is 9.31. The molecule has 1 fully saturated rings.